The summed E-state index contributed by atoms with van der Waals surface area (Å²) in [6.45, 7) is 5.96. The summed E-state index contributed by atoms with van der Waals surface area (Å²) in [5, 5.41) is 2.52. The minimum absolute atomic E-state index is 0.238. The molecule has 5 heteroatoms. The molecule has 3 aromatic carbocycles. The second-order valence-electron chi connectivity index (χ2n) is 8.32. The molecule has 5 nitrogen and oxygen atoms in total. The Hall–Kier alpha value is -2.76. The molecule has 0 radical (unpaired) electrons. The summed E-state index contributed by atoms with van der Waals surface area (Å²) < 4.78 is 23.1. The van der Waals surface area contributed by atoms with E-state index in [0.29, 0.717) is 19.1 Å². The van der Waals surface area contributed by atoms with E-state index < -0.39 is 0 Å². The van der Waals surface area contributed by atoms with Crippen molar-refractivity contribution in [2.75, 3.05) is 32.0 Å². The van der Waals surface area contributed by atoms with E-state index >= 15 is 0 Å². The van der Waals surface area contributed by atoms with E-state index in [9.17, 15) is 0 Å². The van der Waals surface area contributed by atoms with Gasteiger partial charge in [0.25, 0.3) is 0 Å². The van der Waals surface area contributed by atoms with Gasteiger partial charge in [0.15, 0.2) is 17.8 Å². The fourth-order valence-electron chi connectivity index (χ4n) is 4.74. The maximum Gasteiger partial charge on any atom is 0.231 e. The molecule has 0 aromatic heterocycles. The highest BCUT2D eigenvalue weighted by Gasteiger charge is 2.31. The zero-order valence-corrected chi connectivity index (χ0v) is 18.3. The Morgan fingerprint density at radius 2 is 1.74 bits per heavy atom. The highest BCUT2D eigenvalue weighted by atomic mass is 16.7. The van der Waals surface area contributed by atoms with Gasteiger partial charge in [-0.3, -0.25) is 0 Å². The van der Waals surface area contributed by atoms with Crippen LogP contribution in [0.15, 0.2) is 54.6 Å². The predicted molar refractivity (Wildman–Crippen MR) is 122 cm³/mol. The van der Waals surface area contributed by atoms with Crippen molar-refractivity contribution in [3.63, 3.8) is 0 Å². The van der Waals surface area contributed by atoms with Gasteiger partial charge in [-0.25, -0.2) is 0 Å². The highest BCUT2D eigenvalue weighted by molar-refractivity contribution is 5.85. The van der Waals surface area contributed by atoms with Crippen LogP contribution in [0, 0.1) is 0 Å². The van der Waals surface area contributed by atoms with Crippen molar-refractivity contribution in [1.82, 2.24) is 0 Å². The van der Waals surface area contributed by atoms with E-state index in [1.54, 1.807) is 0 Å². The van der Waals surface area contributed by atoms with Crippen molar-refractivity contribution in [3.05, 3.63) is 65.7 Å². The van der Waals surface area contributed by atoms with Crippen LogP contribution in [-0.4, -0.2) is 33.1 Å². The average molecular weight is 420 g/mol. The van der Waals surface area contributed by atoms with Crippen molar-refractivity contribution in [1.29, 1.82) is 0 Å². The number of nitrogens with zero attached hydrogens (tertiary/aromatic N) is 1. The topological polar surface area (TPSA) is 40.2 Å². The summed E-state index contributed by atoms with van der Waals surface area (Å²) in [7, 11) is 2.18. The molecule has 1 fully saturated rings. The van der Waals surface area contributed by atoms with Gasteiger partial charge in [0, 0.05) is 24.7 Å². The van der Waals surface area contributed by atoms with E-state index in [4.69, 9.17) is 18.9 Å². The second kappa shape index (κ2) is 8.40. The molecule has 2 atom stereocenters. The van der Waals surface area contributed by atoms with Gasteiger partial charge < -0.3 is 23.8 Å². The van der Waals surface area contributed by atoms with Gasteiger partial charge in [0.2, 0.25) is 6.79 Å². The van der Waals surface area contributed by atoms with E-state index in [1.165, 1.54) is 22.0 Å². The molecule has 0 saturated carbocycles. The Morgan fingerprint density at radius 3 is 2.52 bits per heavy atom. The lowest BCUT2D eigenvalue weighted by molar-refractivity contribution is -0.0456. The summed E-state index contributed by atoms with van der Waals surface area (Å²) in [6.07, 6.45) is 0.617. The molecule has 2 aliphatic heterocycles. The maximum atomic E-state index is 5.78. The van der Waals surface area contributed by atoms with Crippen molar-refractivity contribution in [2.24, 2.45) is 0 Å². The van der Waals surface area contributed by atoms with Crippen molar-refractivity contribution in [2.45, 2.75) is 38.5 Å². The Bertz CT molecular complexity index is 1080. The van der Waals surface area contributed by atoms with E-state index in [0.717, 1.165) is 23.5 Å². The number of likely N-dealkylation sites (N-methyl/N-ethyl adjacent to an activating group) is 1. The molecule has 31 heavy (non-hydrogen) atoms. The van der Waals surface area contributed by atoms with Crippen molar-refractivity contribution in [3.8, 4) is 11.5 Å². The molecular weight excluding hydrogens is 390 g/mol. The smallest absolute Gasteiger partial charge is 0.231 e. The van der Waals surface area contributed by atoms with Gasteiger partial charge in [-0.15, -0.1) is 0 Å². The Labute approximate surface area is 183 Å². The van der Waals surface area contributed by atoms with Gasteiger partial charge in [-0.1, -0.05) is 37.3 Å². The lowest BCUT2D eigenvalue weighted by Crippen LogP contribution is -2.34. The third-order valence-corrected chi connectivity index (χ3v) is 6.60. The van der Waals surface area contributed by atoms with Crippen molar-refractivity contribution < 1.29 is 18.9 Å². The van der Waals surface area contributed by atoms with Gasteiger partial charge in [0.1, 0.15) is 0 Å². The minimum Gasteiger partial charge on any atom is -0.454 e. The lowest BCUT2D eigenvalue weighted by atomic mass is 9.87. The second-order valence-corrected chi connectivity index (χ2v) is 8.32. The molecule has 2 unspecified atom stereocenters. The Kier molecular flexibility index (Phi) is 5.47. The molecular formula is C26H29NO4. The zero-order chi connectivity index (χ0) is 21.4. The summed E-state index contributed by atoms with van der Waals surface area (Å²) >= 11 is 0. The summed E-state index contributed by atoms with van der Waals surface area (Å²) in [5.74, 6) is 1.85. The number of anilines is 1. The fourth-order valence-corrected chi connectivity index (χ4v) is 4.74. The molecule has 2 heterocycles. The van der Waals surface area contributed by atoms with E-state index in [2.05, 4.69) is 80.4 Å². The number of ether oxygens (including phenoxy) is 4. The monoisotopic (exact) mass is 419 g/mol. The van der Waals surface area contributed by atoms with Gasteiger partial charge in [-0.2, -0.15) is 0 Å². The van der Waals surface area contributed by atoms with Crippen LogP contribution in [0.5, 0.6) is 11.5 Å². The third-order valence-electron chi connectivity index (χ3n) is 6.60. The number of fused-ring (bicyclic) bond motifs is 2. The molecule has 0 N–H and O–H groups in total. The molecule has 2 aliphatic rings. The molecule has 0 amide bonds. The van der Waals surface area contributed by atoms with Crippen LogP contribution in [0.2, 0.25) is 0 Å². The predicted octanol–water partition coefficient (Wildman–Crippen LogP) is 5.63. The first-order chi connectivity index (χ1) is 15.2. The Balaban J connectivity index is 1.47. The fraction of sp³-hybridized carbons (Fsp3) is 0.385. The van der Waals surface area contributed by atoms with Crippen LogP contribution in [0.25, 0.3) is 10.8 Å². The van der Waals surface area contributed by atoms with Crippen LogP contribution >= 0.6 is 0 Å². The van der Waals surface area contributed by atoms with Crippen LogP contribution in [0.4, 0.5) is 5.69 Å². The lowest BCUT2D eigenvalue weighted by Gasteiger charge is -2.34. The summed E-state index contributed by atoms with van der Waals surface area (Å²) in [4.78, 5) is 2.37. The minimum atomic E-state index is -0.388. The average Bonchev–Trinajstić information content (AvgIpc) is 3.50. The van der Waals surface area contributed by atoms with Crippen LogP contribution in [0.3, 0.4) is 0 Å². The maximum absolute atomic E-state index is 5.78. The summed E-state index contributed by atoms with van der Waals surface area (Å²) in [5.41, 5.74) is 3.37. The van der Waals surface area contributed by atoms with Crippen LogP contribution < -0.4 is 14.4 Å². The number of benzene rings is 3. The number of rotatable bonds is 6. The van der Waals surface area contributed by atoms with E-state index in [1.807, 2.05) is 0 Å². The van der Waals surface area contributed by atoms with Crippen LogP contribution in [-0.2, 0) is 9.47 Å². The first kappa shape index (κ1) is 20.2. The Morgan fingerprint density at radius 1 is 0.968 bits per heavy atom. The third kappa shape index (κ3) is 3.73. The van der Waals surface area contributed by atoms with Gasteiger partial charge in [0.05, 0.1) is 18.8 Å². The number of hydrogen-bond donors (Lipinski definition) is 0. The zero-order valence-electron chi connectivity index (χ0n) is 18.3. The normalized spacial score (nSPS) is 17.8. The molecule has 162 valence electrons. The van der Waals surface area contributed by atoms with Gasteiger partial charge in [-0.05, 0) is 53.9 Å². The molecule has 5 rings (SSSR count). The number of hydrogen-bond acceptors (Lipinski definition) is 5. The highest BCUT2D eigenvalue weighted by Crippen LogP contribution is 2.44. The van der Waals surface area contributed by atoms with Crippen LogP contribution in [0.1, 0.15) is 43.6 Å². The standard InChI is InChI=1S/C26H29NO4/c1-4-22(17(2)27(3)21-10-9-18-7-5-6-8-19(18)13-21)20-14-23(26-28-11-12-29-26)25-24(15-20)30-16-31-25/h5-10,13-15,17,22,26H,4,11-12,16H2,1-3H3. The molecule has 3 aromatic rings. The first-order valence-corrected chi connectivity index (χ1v) is 11.0. The van der Waals surface area contributed by atoms with Crippen molar-refractivity contribution >= 4 is 16.5 Å². The molecule has 0 spiro atoms. The quantitative estimate of drug-likeness (QED) is 0.518. The summed E-state index contributed by atoms with van der Waals surface area (Å²) in [6, 6.07) is 19.7. The first-order valence-electron chi connectivity index (χ1n) is 11.0. The SMILES string of the molecule is CCC(c1cc2c(c(C3OCCO3)c1)OCO2)C(C)N(C)c1ccc2ccccc2c1. The largest absolute Gasteiger partial charge is 0.454 e. The van der Waals surface area contributed by atoms with Gasteiger partial charge >= 0.3 is 0 Å². The van der Waals surface area contributed by atoms with E-state index in [-0.39, 0.29) is 19.1 Å². The molecule has 0 aliphatic carbocycles. The molecule has 1 saturated heterocycles. The molecule has 0 bridgehead atoms.